The first-order valence-electron chi connectivity index (χ1n) is 6.45. The van der Waals surface area contributed by atoms with Crippen LogP contribution < -0.4 is 0 Å². The summed E-state index contributed by atoms with van der Waals surface area (Å²) in [6, 6.07) is 9.83. The lowest BCUT2D eigenvalue weighted by Gasteiger charge is -2.07. The van der Waals surface area contributed by atoms with Crippen molar-refractivity contribution < 1.29 is 5.48 Å². The summed E-state index contributed by atoms with van der Waals surface area (Å²) in [5.41, 5.74) is 0.710. The van der Waals surface area contributed by atoms with Crippen molar-refractivity contribution in [3.8, 4) is 6.07 Å². The summed E-state index contributed by atoms with van der Waals surface area (Å²) >= 11 is 0. The zero-order valence-electron chi connectivity index (χ0n) is 11.9. The molecule has 0 N–H and O–H groups in total. The molecule has 1 heterocycles. The Hall–Kier alpha value is -2.14. The van der Waals surface area contributed by atoms with Crippen LogP contribution in [0.15, 0.2) is 54.6 Å². The van der Waals surface area contributed by atoms with Gasteiger partial charge in [0.25, 0.3) is 0 Å². The Morgan fingerprint density at radius 1 is 1.27 bits per heavy atom. The van der Waals surface area contributed by atoms with Gasteiger partial charge in [-0.05, 0) is 17.6 Å². The van der Waals surface area contributed by atoms with E-state index in [4.69, 9.17) is 5.48 Å². The number of hydrogen-bond acceptors (Lipinski definition) is 2. The Morgan fingerprint density at radius 2 is 2.07 bits per heavy atom. The smallest absolute Gasteiger partial charge is 0.113 e. The van der Waals surface area contributed by atoms with E-state index >= 15 is 0 Å². The fourth-order valence-electron chi connectivity index (χ4n) is 1.32. The molecule has 1 unspecified atom stereocenters. The number of pyridine rings is 1. The van der Waals surface area contributed by atoms with E-state index in [1.165, 1.54) is 0 Å². The monoisotopic (exact) mass is 198 g/mol. The fraction of sp³-hybridized carbons (Fsp3) is 0.0769. The van der Waals surface area contributed by atoms with Crippen molar-refractivity contribution in [3.63, 3.8) is 0 Å². The minimum Gasteiger partial charge on any atom is -0.260 e. The summed E-state index contributed by atoms with van der Waals surface area (Å²) in [6.45, 7) is 0. The van der Waals surface area contributed by atoms with Gasteiger partial charge in [0.15, 0.2) is 0 Å². The van der Waals surface area contributed by atoms with Crippen molar-refractivity contribution in [2.75, 3.05) is 0 Å². The maximum absolute atomic E-state index is 9.27. The van der Waals surface area contributed by atoms with Crippen LogP contribution in [0.3, 0.4) is 0 Å². The zero-order chi connectivity index (χ0) is 14.0. The number of aromatic nitrogens is 1. The Kier molecular flexibility index (Phi) is 1.66. The molecule has 0 spiro atoms. The van der Waals surface area contributed by atoms with Gasteiger partial charge in [-0.1, -0.05) is 36.4 Å². The van der Waals surface area contributed by atoms with Crippen molar-refractivity contribution in [2.24, 2.45) is 0 Å². The van der Waals surface area contributed by atoms with Gasteiger partial charge >= 0.3 is 0 Å². The Bertz CT molecular complexity index is 650. The molecule has 0 fully saturated rings. The van der Waals surface area contributed by atoms with Gasteiger partial charge in [0.05, 0.1) is 17.2 Å². The third kappa shape index (κ3) is 2.03. The molecule has 0 bridgehead atoms. The van der Waals surface area contributed by atoms with Crippen molar-refractivity contribution in [2.45, 2.75) is 5.92 Å². The van der Waals surface area contributed by atoms with E-state index in [9.17, 15) is 5.26 Å². The van der Waals surface area contributed by atoms with Gasteiger partial charge in [-0.2, -0.15) is 5.26 Å². The fourth-order valence-corrected chi connectivity index (χ4v) is 1.32. The highest BCUT2D eigenvalue weighted by Crippen LogP contribution is 2.21. The number of nitrogens with zero attached hydrogens (tertiary/aromatic N) is 2. The average molecular weight is 198 g/mol. The molecule has 0 aliphatic carbocycles. The van der Waals surface area contributed by atoms with E-state index in [2.05, 4.69) is 4.98 Å². The molecule has 2 nitrogen and oxygen atoms in total. The molecule has 72 valence electrons. The van der Waals surface area contributed by atoms with E-state index in [0.29, 0.717) is 5.56 Å². The van der Waals surface area contributed by atoms with Crippen LogP contribution in [0.1, 0.15) is 22.7 Å². The largest absolute Gasteiger partial charge is 0.260 e. The van der Waals surface area contributed by atoms with Crippen molar-refractivity contribution in [3.05, 3.63) is 65.9 Å². The molecule has 0 aliphatic heterocycles. The summed E-state index contributed by atoms with van der Waals surface area (Å²) < 4.78 is 30.4. The molecule has 0 amide bonds. The van der Waals surface area contributed by atoms with E-state index in [1.807, 2.05) is 12.1 Å². The van der Waals surface area contributed by atoms with Crippen LogP contribution in [0.25, 0.3) is 0 Å². The normalized spacial score (nSPS) is 15.4. The van der Waals surface area contributed by atoms with E-state index < -0.39 is 12.0 Å². The highest BCUT2D eigenvalue weighted by atomic mass is 14.7. The maximum atomic E-state index is 9.27. The first kappa shape index (κ1) is 5.67. The first-order valence-corrected chi connectivity index (χ1v) is 4.45. The van der Waals surface area contributed by atoms with Crippen LogP contribution in [-0.2, 0) is 0 Å². The van der Waals surface area contributed by atoms with Gasteiger partial charge in [0, 0.05) is 6.17 Å². The molecule has 15 heavy (non-hydrogen) atoms. The highest BCUT2D eigenvalue weighted by Gasteiger charge is 2.13. The highest BCUT2D eigenvalue weighted by molar-refractivity contribution is 5.33. The van der Waals surface area contributed by atoms with Gasteiger partial charge < -0.3 is 0 Å². The molecule has 2 heteroatoms. The maximum Gasteiger partial charge on any atom is 0.113 e. The summed E-state index contributed by atoms with van der Waals surface area (Å²) in [5, 5.41) is 9.27. The van der Waals surface area contributed by atoms with E-state index in [1.54, 1.807) is 24.3 Å². The first-order chi connectivity index (χ1) is 9.06. The van der Waals surface area contributed by atoms with Gasteiger partial charge in [0.1, 0.15) is 5.92 Å². The van der Waals surface area contributed by atoms with Gasteiger partial charge in [-0.3, -0.25) is 4.98 Å². The van der Waals surface area contributed by atoms with Crippen LogP contribution in [0.2, 0.25) is 0 Å². The molecule has 0 radical (unpaired) electrons. The molecule has 0 saturated carbocycles. The van der Waals surface area contributed by atoms with E-state index in [0.717, 1.165) is 0 Å². The molecule has 0 aliphatic rings. The molecule has 2 rings (SSSR count). The number of benzene rings is 1. The third-order valence-electron chi connectivity index (χ3n) is 2.02. The van der Waals surface area contributed by atoms with E-state index in [-0.39, 0.29) is 24.0 Å². The van der Waals surface area contributed by atoms with Gasteiger partial charge in [-0.25, -0.2) is 0 Å². The van der Waals surface area contributed by atoms with Crippen LogP contribution in [-0.4, -0.2) is 4.98 Å². The molecule has 2 aromatic rings. The second-order valence-electron chi connectivity index (χ2n) is 2.96. The quantitative estimate of drug-likeness (QED) is 0.744. The second-order valence-corrected chi connectivity index (χ2v) is 2.96. The lowest BCUT2D eigenvalue weighted by atomic mass is 9.97. The molecule has 0 saturated heterocycles. The number of hydrogen-bond donors (Lipinski definition) is 0. The predicted octanol–water partition coefficient (Wildman–Crippen LogP) is 2.74. The van der Waals surface area contributed by atoms with Crippen molar-refractivity contribution in [1.29, 1.82) is 5.26 Å². The van der Waals surface area contributed by atoms with Crippen LogP contribution in [0, 0.1) is 11.3 Å². The Morgan fingerprint density at radius 3 is 2.80 bits per heavy atom. The van der Waals surface area contributed by atoms with Crippen LogP contribution in [0.4, 0.5) is 0 Å². The van der Waals surface area contributed by atoms with Crippen molar-refractivity contribution >= 4 is 0 Å². The minimum absolute atomic E-state index is 0.0553. The SMILES string of the molecule is [2H]c1nc(C(C#N)c2ccccc2)c([2H])c([2H])c1[2H]. The van der Waals surface area contributed by atoms with Crippen molar-refractivity contribution in [1.82, 2.24) is 4.98 Å². The summed E-state index contributed by atoms with van der Waals surface area (Å²) in [6.07, 6.45) is -0.382. The molecule has 1 atom stereocenters. The third-order valence-corrected chi connectivity index (χ3v) is 2.02. The lowest BCUT2D eigenvalue weighted by molar-refractivity contribution is 0.966. The lowest BCUT2D eigenvalue weighted by Crippen LogP contribution is -1.99. The van der Waals surface area contributed by atoms with Crippen LogP contribution >= 0.6 is 0 Å². The summed E-state index contributed by atoms with van der Waals surface area (Å²) in [7, 11) is 0. The minimum atomic E-state index is -0.803. The zero-order valence-corrected chi connectivity index (χ0v) is 7.86. The molecular formula is C13H10N2. The molecular weight excluding hydrogens is 184 g/mol. The van der Waals surface area contributed by atoms with Gasteiger partial charge in [0.2, 0.25) is 0 Å². The number of nitriles is 1. The average Bonchev–Trinajstić information content (AvgIpc) is 2.44. The Labute approximate surface area is 94.5 Å². The summed E-state index contributed by atoms with van der Waals surface area (Å²) in [5.74, 6) is -0.803. The summed E-state index contributed by atoms with van der Waals surface area (Å²) in [4.78, 5) is 3.83. The molecule has 1 aromatic heterocycles. The predicted molar refractivity (Wildman–Crippen MR) is 58.1 cm³/mol. The molecule has 1 aromatic carbocycles. The second kappa shape index (κ2) is 4.39. The topological polar surface area (TPSA) is 36.7 Å². The standard InChI is InChI=1S/C13H10N2/c14-10-12(11-6-2-1-3-7-11)13-8-4-5-9-15-13/h1-9,12H/i4D,5D,8D,9D. The van der Waals surface area contributed by atoms with Gasteiger partial charge in [-0.15, -0.1) is 0 Å². The van der Waals surface area contributed by atoms with Crippen LogP contribution in [0.5, 0.6) is 0 Å². The Balaban J connectivity index is 2.61. The number of rotatable bonds is 2.